The predicted molar refractivity (Wildman–Crippen MR) is 191 cm³/mol. The smallest absolute Gasteiger partial charge is 0.0349 e. The minimum Gasteiger partial charge on any atom is -0.135 e. The van der Waals surface area contributed by atoms with Crippen LogP contribution in [0, 0.1) is 0 Å². The van der Waals surface area contributed by atoms with Crippen molar-refractivity contribution in [2.45, 2.75) is 26.7 Å². The van der Waals surface area contributed by atoms with Gasteiger partial charge < -0.3 is 0 Å². The lowest BCUT2D eigenvalue weighted by Gasteiger charge is -2.03. The molecule has 0 saturated carbocycles. The fraction of sp³-hybridized carbons (Fsp3) is 0.100. The van der Waals surface area contributed by atoms with E-state index in [0.29, 0.717) is 0 Å². The maximum absolute atomic E-state index is 2.26. The van der Waals surface area contributed by atoms with Crippen LogP contribution in [0.2, 0.25) is 0 Å². The van der Waals surface area contributed by atoms with Crippen molar-refractivity contribution in [1.29, 1.82) is 0 Å². The second kappa shape index (κ2) is 12.3. The topological polar surface area (TPSA) is 0 Å². The van der Waals surface area contributed by atoms with Gasteiger partial charge in [-0.2, -0.15) is 0 Å². The molecule has 4 aromatic carbocycles. The standard InChI is InChI=1S/C40H32S3/c1-3-27-5-9-29(10-6-27)35-21-23-37(41-35)31-13-17-33(18-14-31)39-25-26-40(43-39)34-19-15-32(16-20-34)38-24-22-36(42-38)30-11-7-28(4-2)8-12-30/h5-26H,3-4H2,1-2H3. The lowest BCUT2D eigenvalue weighted by molar-refractivity contribution is 1.14. The van der Waals surface area contributed by atoms with Crippen LogP contribution >= 0.6 is 34.0 Å². The van der Waals surface area contributed by atoms with E-state index >= 15 is 0 Å². The van der Waals surface area contributed by atoms with E-state index in [1.165, 1.54) is 73.8 Å². The normalized spacial score (nSPS) is 11.2. The van der Waals surface area contributed by atoms with E-state index in [4.69, 9.17) is 0 Å². The monoisotopic (exact) mass is 608 g/mol. The summed E-state index contributed by atoms with van der Waals surface area (Å²) < 4.78 is 0. The molecule has 0 amide bonds. The van der Waals surface area contributed by atoms with Crippen LogP contribution in [0.5, 0.6) is 0 Å². The first-order valence-corrected chi connectivity index (χ1v) is 17.3. The summed E-state index contributed by atoms with van der Waals surface area (Å²) in [4.78, 5) is 7.84. The van der Waals surface area contributed by atoms with Gasteiger partial charge in [-0.25, -0.2) is 0 Å². The average molecular weight is 609 g/mol. The maximum Gasteiger partial charge on any atom is 0.0349 e. The van der Waals surface area contributed by atoms with E-state index in [2.05, 4.69) is 147 Å². The summed E-state index contributed by atoms with van der Waals surface area (Å²) >= 11 is 5.58. The summed E-state index contributed by atoms with van der Waals surface area (Å²) in [5, 5.41) is 0. The van der Waals surface area contributed by atoms with Crippen molar-refractivity contribution in [2.75, 3.05) is 0 Å². The number of rotatable bonds is 8. The zero-order chi connectivity index (χ0) is 29.2. The number of thiophene rings is 3. The molecule has 0 aliphatic heterocycles. The molecule has 3 aromatic heterocycles. The van der Waals surface area contributed by atoms with E-state index < -0.39 is 0 Å². The minimum absolute atomic E-state index is 1.08. The summed E-state index contributed by atoms with van der Waals surface area (Å²) in [5.41, 5.74) is 10.4. The molecule has 43 heavy (non-hydrogen) atoms. The fourth-order valence-electron chi connectivity index (χ4n) is 5.35. The first kappa shape index (κ1) is 27.8. The van der Waals surface area contributed by atoms with E-state index in [0.717, 1.165) is 12.8 Å². The van der Waals surface area contributed by atoms with E-state index in [1.807, 2.05) is 34.0 Å². The van der Waals surface area contributed by atoms with Crippen molar-refractivity contribution in [2.24, 2.45) is 0 Å². The van der Waals surface area contributed by atoms with Gasteiger partial charge in [-0.1, -0.05) is 111 Å². The molecule has 0 aliphatic rings. The molecule has 0 unspecified atom stereocenters. The molecule has 0 aliphatic carbocycles. The summed E-state index contributed by atoms with van der Waals surface area (Å²) in [7, 11) is 0. The molecule has 0 nitrogen and oxygen atoms in total. The maximum atomic E-state index is 2.26. The second-order valence-corrected chi connectivity index (χ2v) is 14.0. The van der Waals surface area contributed by atoms with Gasteiger partial charge >= 0.3 is 0 Å². The minimum atomic E-state index is 1.08. The first-order chi connectivity index (χ1) is 21.2. The largest absolute Gasteiger partial charge is 0.135 e. The average Bonchev–Trinajstić information content (AvgIpc) is 3.87. The van der Waals surface area contributed by atoms with Crippen LogP contribution in [-0.4, -0.2) is 0 Å². The quantitative estimate of drug-likeness (QED) is 0.161. The van der Waals surface area contributed by atoms with E-state index in [9.17, 15) is 0 Å². The molecule has 0 N–H and O–H groups in total. The summed E-state index contributed by atoms with van der Waals surface area (Å²) in [6.45, 7) is 4.40. The van der Waals surface area contributed by atoms with Crippen molar-refractivity contribution in [1.82, 2.24) is 0 Å². The molecule has 7 aromatic rings. The van der Waals surface area contributed by atoms with Gasteiger partial charge in [-0.15, -0.1) is 34.0 Å². The van der Waals surface area contributed by atoms with Gasteiger partial charge in [-0.05, 0) is 93.7 Å². The van der Waals surface area contributed by atoms with Crippen LogP contribution in [0.1, 0.15) is 25.0 Å². The third kappa shape index (κ3) is 5.94. The Hall–Kier alpha value is -4.02. The Morgan fingerprint density at radius 1 is 0.279 bits per heavy atom. The molecule has 0 fully saturated rings. The van der Waals surface area contributed by atoms with Crippen LogP contribution in [0.3, 0.4) is 0 Å². The molecule has 0 bridgehead atoms. The Bertz CT molecular complexity index is 1800. The van der Waals surface area contributed by atoms with Crippen molar-refractivity contribution in [3.05, 3.63) is 145 Å². The van der Waals surface area contributed by atoms with Crippen LogP contribution < -0.4 is 0 Å². The highest BCUT2D eigenvalue weighted by Crippen LogP contribution is 2.39. The molecule has 0 saturated heterocycles. The lowest BCUT2D eigenvalue weighted by Crippen LogP contribution is -1.78. The van der Waals surface area contributed by atoms with Gasteiger partial charge in [0.1, 0.15) is 0 Å². The molecule has 0 radical (unpaired) electrons. The fourth-order valence-corrected chi connectivity index (χ4v) is 8.40. The molecule has 7 rings (SSSR count). The highest BCUT2D eigenvalue weighted by molar-refractivity contribution is 7.19. The number of aryl methyl sites for hydroxylation is 2. The van der Waals surface area contributed by atoms with Gasteiger partial charge in [0.15, 0.2) is 0 Å². The Labute approximate surface area is 266 Å². The Kier molecular flexibility index (Phi) is 7.95. The van der Waals surface area contributed by atoms with Gasteiger partial charge in [-0.3, -0.25) is 0 Å². The molecule has 0 atom stereocenters. The van der Waals surface area contributed by atoms with Crippen LogP contribution in [-0.2, 0) is 12.8 Å². The molecular formula is C40H32S3. The Morgan fingerprint density at radius 3 is 0.651 bits per heavy atom. The van der Waals surface area contributed by atoms with Crippen molar-refractivity contribution < 1.29 is 0 Å². The van der Waals surface area contributed by atoms with Gasteiger partial charge in [0.2, 0.25) is 0 Å². The van der Waals surface area contributed by atoms with Gasteiger partial charge in [0, 0.05) is 29.3 Å². The van der Waals surface area contributed by atoms with E-state index in [1.54, 1.807) is 0 Å². The lowest BCUT2D eigenvalue weighted by atomic mass is 10.1. The molecule has 0 spiro atoms. The highest BCUT2D eigenvalue weighted by Gasteiger charge is 2.10. The number of hydrogen-bond donors (Lipinski definition) is 0. The second-order valence-electron chi connectivity index (χ2n) is 10.7. The first-order valence-electron chi connectivity index (χ1n) is 14.9. The van der Waals surface area contributed by atoms with Crippen LogP contribution in [0.25, 0.3) is 62.6 Å². The van der Waals surface area contributed by atoms with Crippen LogP contribution in [0.15, 0.2) is 133 Å². The van der Waals surface area contributed by atoms with Crippen molar-refractivity contribution in [3.63, 3.8) is 0 Å². The Morgan fingerprint density at radius 2 is 0.465 bits per heavy atom. The van der Waals surface area contributed by atoms with Crippen LogP contribution in [0.4, 0.5) is 0 Å². The van der Waals surface area contributed by atoms with Gasteiger partial charge in [0.25, 0.3) is 0 Å². The zero-order valence-electron chi connectivity index (χ0n) is 24.3. The summed E-state index contributed by atoms with van der Waals surface area (Å²) in [6, 6.07) is 49.4. The van der Waals surface area contributed by atoms with E-state index in [-0.39, 0.29) is 0 Å². The molecular weight excluding hydrogens is 577 g/mol. The third-order valence-corrected chi connectivity index (χ3v) is 11.6. The number of benzene rings is 4. The zero-order valence-corrected chi connectivity index (χ0v) is 26.8. The number of hydrogen-bond acceptors (Lipinski definition) is 3. The third-order valence-electron chi connectivity index (χ3n) is 8.02. The highest BCUT2D eigenvalue weighted by atomic mass is 32.1. The van der Waals surface area contributed by atoms with Crippen molar-refractivity contribution >= 4 is 34.0 Å². The summed E-state index contributed by atoms with van der Waals surface area (Å²) in [6.07, 6.45) is 2.15. The van der Waals surface area contributed by atoms with Gasteiger partial charge in [0.05, 0.1) is 0 Å². The predicted octanol–water partition coefficient (Wildman–Crippen LogP) is 13.0. The molecule has 3 heteroatoms. The SMILES string of the molecule is CCc1ccc(-c2ccc(-c3ccc(-c4ccc(-c5ccc(-c6ccc(-c7ccc(CC)cc7)s6)cc5)s4)cc3)s2)cc1. The summed E-state index contributed by atoms with van der Waals surface area (Å²) in [5.74, 6) is 0. The molecule has 3 heterocycles. The van der Waals surface area contributed by atoms with Crippen molar-refractivity contribution in [3.8, 4) is 62.6 Å². The molecule has 210 valence electrons. The Balaban J connectivity index is 1.04.